The number of aryl methyl sites for hydroxylation is 20. The van der Waals surface area contributed by atoms with Gasteiger partial charge in [0.15, 0.2) is 0 Å². The quantitative estimate of drug-likeness (QED) is 0.108. The van der Waals surface area contributed by atoms with Crippen molar-refractivity contribution >= 4 is 225 Å². The van der Waals surface area contributed by atoms with Gasteiger partial charge in [-0.05, 0) is 361 Å². The van der Waals surface area contributed by atoms with Crippen LogP contribution in [0.1, 0.15) is 285 Å². The summed E-state index contributed by atoms with van der Waals surface area (Å²) < 4.78 is 20.4. The molecule has 21 rings (SSSR count). The van der Waals surface area contributed by atoms with Crippen LogP contribution in [-0.2, 0) is 5.41 Å². The molecule has 14 heterocycles. The van der Waals surface area contributed by atoms with E-state index in [1.807, 2.05) is 159 Å². The molecule has 0 radical (unpaired) electrons. The average molecular weight is 2100 g/mol. The van der Waals surface area contributed by atoms with Gasteiger partial charge in [0, 0.05) is 134 Å². The summed E-state index contributed by atoms with van der Waals surface area (Å²) >= 11 is 27.1. The van der Waals surface area contributed by atoms with E-state index >= 15 is 0 Å². The maximum absolute atomic E-state index is 2.47. The molecule has 0 aliphatic rings. The van der Waals surface area contributed by atoms with E-state index < -0.39 is 0 Å². The number of hydrogen-bond acceptors (Lipinski definition) is 14. The van der Waals surface area contributed by atoms with Crippen LogP contribution in [0, 0.1) is 138 Å². The van der Waals surface area contributed by atoms with Gasteiger partial charge in [-0.25, -0.2) is 0 Å². The van der Waals surface area contributed by atoms with E-state index in [-0.39, 0.29) is 5.41 Å². The summed E-state index contributed by atoms with van der Waals surface area (Å²) in [7, 11) is 0. The van der Waals surface area contributed by atoms with Gasteiger partial charge in [-0.1, -0.05) is 248 Å². The summed E-state index contributed by atoms with van der Waals surface area (Å²) in [5.74, 6) is 3.34. The Morgan fingerprint density at radius 1 is 0.193 bits per heavy atom. The van der Waals surface area contributed by atoms with Crippen LogP contribution < -0.4 is 0 Å². The molecule has 0 atom stereocenters. The first-order chi connectivity index (χ1) is 66.2. The van der Waals surface area contributed by atoms with E-state index in [4.69, 9.17) is 0 Å². The normalized spacial score (nSPS) is 11.8. The molecule has 0 fully saturated rings. The molecular weight excluding hydrogens is 1960 g/mol. The fraction of sp³-hybridized carbons (Fsp3) is 0.333. The molecule has 21 aromatic rings. The first-order valence-electron chi connectivity index (χ1n) is 49.4. The van der Waals surface area contributed by atoms with Crippen molar-refractivity contribution in [3.63, 3.8) is 0 Å². The van der Waals surface area contributed by atoms with Crippen molar-refractivity contribution in [2.75, 3.05) is 0 Å². The second-order valence-electron chi connectivity index (χ2n) is 41.4. The Labute approximate surface area is 892 Å². The first-order valence-corrected chi connectivity index (χ1v) is 60.9. The molecule has 140 heavy (non-hydrogen) atoms. The number of thiophene rings is 14. The molecule has 0 bridgehead atoms. The Bertz CT molecular complexity index is 7990. The van der Waals surface area contributed by atoms with E-state index in [2.05, 4.69) is 418 Å². The lowest BCUT2D eigenvalue weighted by Crippen LogP contribution is -2.12. The highest BCUT2D eigenvalue weighted by atomic mass is 32.2. The van der Waals surface area contributed by atoms with Gasteiger partial charge in [0.05, 0.1) is 0 Å². The zero-order valence-electron chi connectivity index (χ0n) is 88.9. The maximum atomic E-state index is 2.47. The number of rotatable bonds is 13. The SMILES string of the molecule is Cc1cc(C)c(-c2sc3cc(C)sc3c2C)c(C)c1.Cc1cc2sc(-c3c(C(C)C)cc(C(C)C)cc3C(C)C)c(C)c2s1.Cc1cc2sc(-c3ccc(C(C)C)cc3C(C)C)c(C)c2s1.Cc1cc2sc(-c3ccccc3C(C)(C)C)c(C)c2s1.Cc1cc2sc(-c3ccccc3C(C)C)c(C)c2s1.Cc1cc2sc(-c3ccccc3C)c(C)c2s1.Cc1ccc(-c2sc3cc(C)sc3c2C)c(C)c1. The molecule has 0 spiro atoms. The van der Waals surface area contributed by atoms with Crippen molar-refractivity contribution in [1.29, 1.82) is 0 Å². The number of benzene rings is 7. The third kappa shape index (κ3) is 22.7. The minimum atomic E-state index is 0.177. The summed E-state index contributed by atoms with van der Waals surface area (Å²) in [5.41, 5.74) is 38.9. The van der Waals surface area contributed by atoms with Crippen LogP contribution in [-0.4, -0.2) is 0 Å². The van der Waals surface area contributed by atoms with Crippen molar-refractivity contribution in [3.8, 4) is 73.1 Å². The molecule has 14 aromatic heterocycles. The summed E-state index contributed by atoms with van der Waals surface area (Å²) in [4.78, 5) is 20.0. The molecule has 0 unspecified atom stereocenters. The molecule has 0 saturated heterocycles. The Morgan fingerprint density at radius 2 is 0.464 bits per heavy atom. The van der Waals surface area contributed by atoms with Crippen LogP contribution in [0.2, 0.25) is 0 Å². The fourth-order valence-corrected chi connectivity index (χ4v) is 37.5. The second kappa shape index (κ2) is 44.2. The zero-order valence-corrected chi connectivity index (χ0v) is 100. The Kier molecular flexibility index (Phi) is 33.6. The van der Waals surface area contributed by atoms with Gasteiger partial charge in [-0.2, -0.15) is 0 Å². The van der Waals surface area contributed by atoms with E-state index in [0.717, 1.165) is 0 Å². The Morgan fingerprint density at radius 3 is 0.800 bits per heavy atom. The minimum Gasteiger partial charge on any atom is -0.139 e. The summed E-state index contributed by atoms with van der Waals surface area (Å²) in [6, 6.07) is 65.9. The molecule has 0 aliphatic carbocycles. The molecule has 7 aromatic carbocycles. The van der Waals surface area contributed by atoms with Gasteiger partial charge in [0.1, 0.15) is 0 Å². The summed E-state index contributed by atoms with van der Waals surface area (Å²) in [5, 5.41) is 0. The monoisotopic (exact) mass is 2100 g/mol. The summed E-state index contributed by atoms with van der Waals surface area (Å²) in [6.07, 6.45) is 0. The molecule has 14 heteroatoms. The molecule has 0 nitrogen and oxygen atoms in total. The van der Waals surface area contributed by atoms with E-state index in [1.54, 1.807) is 0 Å². The highest BCUT2D eigenvalue weighted by Crippen LogP contribution is 2.54. The third-order valence-electron chi connectivity index (χ3n) is 26.7. The number of hydrogen-bond donors (Lipinski definition) is 0. The molecule has 0 N–H and O–H groups in total. The largest absolute Gasteiger partial charge is 0.139 e. The summed E-state index contributed by atoms with van der Waals surface area (Å²) in [6.45, 7) is 79.0. The Balaban J connectivity index is 0.000000124. The molecule has 0 amide bonds. The van der Waals surface area contributed by atoms with Crippen LogP contribution in [0.4, 0.5) is 0 Å². The Hall–Kier alpha value is -7.84. The highest BCUT2D eigenvalue weighted by Gasteiger charge is 2.28. The van der Waals surface area contributed by atoms with Crippen molar-refractivity contribution < 1.29 is 0 Å². The molecule has 0 aliphatic heterocycles. The molecule has 0 saturated carbocycles. The van der Waals surface area contributed by atoms with Gasteiger partial charge in [-0.15, -0.1) is 159 Å². The maximum Gasteiger partial charge on any atom is 0.0489 e. The fourth-order valence-electron chi connectivity index (χ4n) is 19.4. The van der Waals surface area contributed by atoms with Gasteiger partial charge in [0.25, 0.3) is 0 Å². The van der Waals surface area contributed by atoms with Crippen LogP contribution in [0.3, 0.4) is 0 Å². The lowest BCUT2D eigenvalue weighted by molar-refractivity contribution is 0.592. The van der Waals surface area contributed by atoms with Crippen molar-refractivity contribution in [3.05, 3.63) is 321 Å². The molecule has 728 valence electrons. The number of fused-ring (bicyclic) bond motifs is 7. The van der Waals surface area contributed by atoms with Crippen LogP contribution >= 0.6 is 159 Å². The second-order valence-corrected chi connectivity index (χ2v) is 57.5. The lowest BCUT2D eigenvalue weighted by Gasteiger charge is -2.23. The lowest BCUT2D eigenvalue weighted by atomic mass is 9.83. The van der Waals surface area contributed by atoms with Crippen LogP contribution in [0.25, 0.3) is 139 Å². The third-order valence-corrected chi connectivity index (χ3v) is 44.7. The predicted octanol–water partition coefficient (Wildman–Crippen LogP) is 46.6. The average Bonchev–Trinajstić information content (AvgIpc) is 1.48. The van der Waals surface area contributed by atoms with Gasteiger partial charge >= 0.3 is 0 Å². The first kappa shape index (κ1) is 106. The predicted molar refractivity (Wildman–Crippen MR) is 654 cm³/mol. The topological polar surface area (TPSA) is 0 Å². The smallest absolute Gasteiger partial charge is 0.0489 e. The van der Waals surface area contributed by atoms with E-state index in [1.165, 1.54) is 284 Å². The van der Waals surface area contributed by atoms with E-state index in [9.17, 15) is 0 Å². The molecular formula is C126H140S14. The van der Waals surface area contributed by atoms with Crippen LogP contribution in [0.15, 0.2) is 176 Å². The highest BCUT2D eigenvalue weighted by molar-refractivity contribution is 7.33. The van der Waals surface area contributed by atoms with Crippen LogP contribution in [0.5, 0.6) is 0 Å². The van der Waals surface area contributed by atoms with Gasteiger partial charge in [0.2, 0.25) is 0 Å². The van der Waals surface area contributed by atoms with E-state index in [0.29, 0.717) is 35.5 Å². The van der Waals surface area contributed by atoms with Crippen molar-refractivity contribution in [1.82, 2.24) is 0 Å². The van der Waals surface area contributed by atoms with Crippen molar-refractivity contribution in [2.24, 2.45) is 0 Å². The van der Waals surface area contributed by atoms with Crippen molar-refractivity contribution in [2.45, 2.75) is 283 Å². The standard InChI is InChI=1S/C23H30S2.C20H24S2.C18H20S2.2C17H18S2.C16H16S2.C15H14S2/c1-12(2)17-10-18(13(3)4)21(19(11-17)14(5)6)23-16(8)22-20(25-23)9-15(7)24-22;1-11(2)15-7-8-16(17(10-15)12(3)4)19-14(6)20-18(22-19)9-13(5)21-20;1-11-10-15-17(19-11)12(2)16(20-15)13-8-6-7-9-14(13)18(3,4)5;1-9-6-10(2)15(11(3)7-9)17-13(5)16-14(19-17)8-12(4)18-16;1-10(2)13-7-5-6-8-14(13)16-12(4)17-15(19-16)9-11(3)18-17;1-9-5-6-13(10(2)7-9)15-12(4)16-14(18-15)8-11(3)17-16;1-9-6-4-5-7-12(9)14-11(3)15-13(17-14)8-10(2)16-15/h9-14H,1-8H3;7-12H,1-6H3;6-10H,1-5H3;6-8H,1-5H3;5-10H,1-4H3;5-8H,1-4H3;4-8H,1-3H3. The minimum absolute atomic E-state index is 0.177. The van der Waals surface area contributed by atoms with Gasteiger partial charge in [-0.3, -0.25) is 0 Å². The van der Waals surface area contributed by atoms with Gasteiger partial charge < -0.3 is 0 Å². The zero-order chi connectivity index (χ0) is 101.